The molecule has 0 fully saturated rings. The van der Waals surface area contributed by atoms with Crippen molar-refractivity contribution in [1.29, 1.82) is 0 Å². The van der Waals surface area contributed by atoms with Crippen molar-refractivity contribution in [3.63, 3.8) is 0 Å². The van der Waals surface area contributed by atoms with E-state index >= 15 is 0 Å². The first-order valence-corrected chi connectivity index (χ1v) is 7.53. The van der Waals surface area contributed by atoms with Crippen molar-refractivity contribution in [3.05, 3.63) is 23.2 Å². The Morgan fingerprint density at radius 3 is 2.47 bits per heavy atom. The van der Waals surface area contributed by atoms with Gasteiger partial charge in [0.2, 0.25) is 0 Å². The summed E-state index contributed by atoms with van der Waals surface area (Å²) < 4.78 is 5.83. The van der Waals surface area contributed by atoms with Gasteiger partial charge in [-0.05, 0) is 32.9 Å². The Balaban J connectivity index is 2.67. The Kier molecular flexibility index (Phi) is 6.59. The van der Waals surface area contributed by atoms with Crippen LogP contribution in [0.3, 0.4) is 0 Å². The third-order valence-corrected chi connectivity index (χ3v) is 3.75. The van der Waals surface area contributed by atoms with Crippen LogP contribution in [0.25, 0.3) is 0 Å². The average molecular weight is 266 g/mol. The van der Waals surface area contributed by atoms with Gasteiger partial charge in [0, 0.05) is 24.2 Å². The number of hydrogen-bond acceptors (Lipinski definition) is 3. The lowest BCUT2D eigenvalue weighted by molar-refractivity contribution is 0.205. The van der Waals surface area contributed by atoms with E-state index in [0.29, 0.717) is 12.1 Å². The molecule has 1 N–H and O–H groups in total. The van der Waals surface area contributed by atoms with Gasteiger partial charge in [0.25, 0.3) is 0 Å². The second-order valence-corrected chi connectivity index (χ2v) is 5.65. The maximum Gasteiger partial charge on any atom is 0.118 e. The summed E-state index contributed by atoms with van der Waals surface area (Å²) in [6, 6.07) is 3.31. The van der Waals surface area contributed by atoms with Crippen LogP contribution in [0.4, 0.5) is 0 Å². The van der Waals surface area contributed by atoms with Crippen LogP contribution in [0, 0.1) is 6.92 Å². The fourth-order valence-electron chi connectivity index (χ4n) is 2.19. The fourth-order valence-corrected chi connectivity index (χ4v) is 2.19. The van der Waals surface area contributed by atoms with Gasteiger partial charge in [0.1, 0.15) is 11.5 Å². The first-order chi connectivity index (χ1) is 8.97. The van der Waals surface area contributed by atoms with Gasteiger partial charge in [-0.25, -0.2) is 0 Å². The molecule has 1 heterocycles. The van der Waals surface area contributed by atoms with Gasteiger partial charge in [0.05, 0.1) is 6.54 Å². The monoisotopic (exact) mass is 266 g/mol. The summed E-state index contributed by atoms with van der Waals surface area (Å²) in [5.74, 6) is 2.10. The molecule has 0 amide bonds. The summed E-state index contributed by atoms with van der Waals surface area (Å²) in [6.45, 7) is 16.0. The Labute approximate surface area is 118 Å². The topological polar surface area (TPSA) is 28.4 Å². The lowest BCUT2D eigenvalue weighted by atomic mass is 10.1. The minimum Gasteiger partial charge on any atom is -0.465 e. The maximum atomic E-state index is 5.83. The normalized spacial score (nSPS) is 13.5. The quantitative estimate of drug-likeness (QED) is 0.777. The molecule has 1 rings (SSSR count). The van der Waals surface area contributed by atoms with Gasteiger partial charge >= 0.3 is 0 Å². The Morgan fingerprint density at radius 1 is 1.26 bits per heavy atom. The van der Waals surface area contributed by atoms with E-state index in [1.54, 1.807) is 0 Å². The molecule has 0 saturated heterocycles. The molecule has 3 nitrogen and oxygen atoms in total. The van der Waals surface area contributed by atoms with Crippen molar-refractivity contribution in [3.8, 4) is 0 Å². The van der Waals surface area contributed by atoms with Crippen LogP contribution in [0.2, 0.25) is 0 Å². The van der Waals surface area contributed by atoms with Crippen molar-refractivity contribution in [2.45, 2.75) is 73.1 Å². The summed E-state index contributed by atoms with van der Waals surface area (Å²) in [5, 5.41) is 3.40. The molecule has 19 heavy (non-hydrogen) atoms. The van der Waals surface area contributed by atoms with Crippen LogP contribution in [0.1, 0.15) is 58.1 Å². The van der Waals surface area contributed by atoms with E-state index in [4.69, 9.17) is 4.42 Å². The molecule has 1 aromatic rings. The predicted molar refractivity (Wildman–Crippen MR) is 81.3 cm³/mol. The molecule has 1 unspecified atom stereocenters. The van der Waals surface area contributed by atoms with E-state index in [1.807, 2.05) is 0 Å². The molecule has 0 aromatic carbocycles. The highest BCUT2D eigenvalue weighted by molar-refractivity contribution is 5.20. The summed E-state index contributed by atoms with van der Waals surface area (Å²) in [6.07, 6.45) is 1.19. The smallest absolute Gasteiger partial charge is 0.118 e. The largest absolute Gasteiger partial charge is 0.465 e. The van der Waals surface area contributed by atoms with Crippen molar-refractivity contribution in [2.24, 2.45) is 0 Å². The first-order valence-electron chi connectivity index (χ1n) is 7.53. The molecule has 1 aromatic heterocycles. The van der Waals surface area contributed by atoms with Crippen molar-refractivity contribution >= 4 is 0 Å². The number of aryl methyl sites for hydroxylation is 1. The van der Waals surface area contributed by atoms with Crippen molar-refractivity contribution < 1.29 is 4.42 Å². The minimum atomic E-state index is 0.487. The molecule has 0 aliphatic carbocycles. The highest BCUT2D eigenvalue weighted by atomic mass is 16.3. The van der Waals surface area contributed by atoms with E-state index in [9.17, 15) is 0 Å². The van der Waals surface area contributed by atoms with E-state index in [0.717, 1.165) is 31.2 Å². The molecular formula is C16H30N2O. The van der Waals surface area contributed by atoms with Gasteiger partial charge in [-0.1, -0.05) is 27.7 Å². The molecule has 3 heteroatoms. The molecule has 0 radical (unpaired) electrons. The molecular weight excluding hydrogens is 236 g/mol. The van der Waals surface area contributed by atoms with Crippen LogP contribution in [-0.4, -0.2) is 23.5 Å². The lowest BCUT2D eigenvalue weighted by Crippen LogP contribution is -2.31. The zero-order valence-electron chi connectivity index (χ0n) is 13.4. The van der Waals surface area contributed by atoms with Gasteiger partial charge < -0.3 is 9.73 Å². The standard InChI is InChI=1S/C16H30N2O/c1-7-13(5)18(8-2)11-15-9-16(19-14(15)6)10-17-12(3)4/h9,12-13,17H,7-8,10-11H2,1-6H3. The van der Waals surface area contributed by atoms with Crippen molar-refractivity contribution in [2.75, 3.05) is 6.54 Å². The number of hydrogen-bond donors (Lipinski definition) is 1. The highest BCUT2D eigenvalue weighted by Crippen LogP contribution is 2.18. The fraction of sp³-hybridized carbons (Fsp3) is 0.750. The van der Waals surface area contributed by atoms with Gasteiger partial charge in [0.15, 0.2) is 0 Å². The second-order valence-electron chi connectivity index (χ2n) is 5.65. The van der Waals surface area contributed by atoms with E-state index in [2.05, 4.69) is 57.8 Å². The lowest BCUT2D eigenvalue weighted by Gasteiger charge is -2.26. The zero-order valence-corrected chi connectivity index (χ0v) is 13.4. The second kappa shape index (κ2) is 7.71. The van der Waals surface area contributed by atoms with Crippen molar-refractivity contribution in [1.82, 2.24) is 10.2 Å². The SMILES string of the molecule is CCC(C)N(CC)Cc1cc(CNC(C)C)oc1C. The highest BCUT2D eigenvalue weighted by Gasteiger charge is 2.14. The van der Waals surface area contributed by atoms with Crippen LogP contribution in [-0.2, 0) is 13.1 Å². The summed E-state index contributed by atoms with van der Waals surface area (Å²) in [7, 11) is 0. The zero-order chi connectivity index (χ0) is 14.4. The number of furan rings is 1. The Morgan fingerprint density at radius 2 is 1.95 bits per heavy atom. The third kappa shape index (κ3) is 5.00. The molecule has 1 atom stereocenters. The van der Waals surface area contributed by atoms with Crippen LogP contribution >= 0.6 is 0 Å². The van der Waals surface area contributed by atoms with Gasteiger partial charge in [-0.3, -0.25) is 4.90 Å². The Hall–Kier alpha value is -0.800. The third-order valence-electron chi connectivity index (χ3n) is 3.75. The molecule has 0 aliphatic rings. The molecule has 0 aliphatic heterocycles. The van der Waals surface area contributed by atoms with Gasteiger partial charge in [-0.2, -0.15) is 0 Å². The Bertz CT molecular complexity index is 371. The average Bonchev–Trinajstić information content (AvgIpc) is 2.73. The summed E-state index contributed by atoms with van der Waals surface area (Å²) >= 11 is 0. The maximum absolute atomic E-state index is 5.83. The molecule has 110 valence electrons. The minimum absolute atomic E-state index is 0.487. The molecule has 0 spiro atoms. The summed E-state index contributed by atoms with van der Waals surface area (Å²) in [5.41, 5.74) is 1.32. The predicted octanol–water partition coefficient (Wildman–Crippen LogP) is 3.71. The first kappa shape index (κ1) is 16.3. The van der Waals surface area contributed by atoms with Crippen LogP contribution in [0.5, 0.6) is 0 Å². The van der Waals surface area contributed by atoms with Gasteiger partial charge in [-0.15, -0.1) is 0 Å². The number of nitrogens with one attached hydrogen (secondary N) is 1. The summed E-state index contributed by atoms with van der Waals surface area (Å²) in [4.78, 5) is 2.50. The van der Waals surface area contributed by atoms with E-state index < -0.39 is 0 Å². The van der Waals surface area contributed by atoms with Crippen LogP contribution < -0.4 is 5.32 Å². The number of nitrogens with zero attached hydrogens (tertiary/aromatic N) is 1. The number of rotatable bonds is 8. The molecule has 0 bridgehead atoms. The van der Waals surface area contributed by atoms with E-state index in [1.165, 1.54) is 12.0 Å². The van der Waals surface area contributed by atoms with E-state index in [-0.39, 0.29) is 0 Å². The molecule has 0 saturated carbocycles. The van der Waals surface area contributed by atoms with Crippen LogP contribution in [0.15, 0.2) is 10.5 Å².